The van der Waals surface area contributed by atoms with Crippen molar-refractivity contribution < 1.29 is 66.0 Å². The molecule has 21 heteroatoms. The molecule has 2 spiro atoms. The van der Waals surface area contributed by atoms with E-state index in [-0.39, 0.29) is 79.1 Å². The summed E-state index contributed by atoms with van der Waals surface area (Å²) in [6.45, 7) is 10.5. The molecule has 0 saturated carbocycles. The van der Waals surface area contributed by atoms with Crippen molar-refractivity contribution in [2.24, 2.45) is 23.7 Å². The van der Waals surface area contributed by atoms with Crippen LogP contribution in [0.15, 0.2) is 81.6 Å². The van der Waals surface area contributed by atoms with Gasteiger partial charge in [0.2, 0.25) is 23.6 Å². The van der Waals surface area contributed by atoms with Crippen molar-refractivity contribution in [3.8, 4) is 11.5 Å². The summed E-state index contributed by atoms with van der Waals surface area (Å²) in [5, 5.41) is 35.0. The number of hydrogen-bond donors (Lipinski definition) is 7. The molecule has 416 valence electrons. The molecule has 9 atom stereocenters. The highest BCUT2D eigenvalue weighted by Gasteiger charge is 2.63. The SMILES string of the molecule is C.C.CC(C)[C@@H]1NC(=O)[C@@H](C)Cc2ccc3c(c2)[C@@]2(c4cc(F)ccc4N[C@@H]2O3)c2oc1nc2C(=O)O.COC(=O)[C@H](CO)NC(=O)c1nc2oc1[C@@]13c4cc(F)ccc4N[C@@H]1Oc1ccc(cc13)C[C@H](C)C(=O)N[C@H]2C(C)C. The number of oxazole rings is 2. The van der Waals surface area contributed by atoms with Gasteiger partial charge in [0, 0.05) is 45.5 Å². The normalized spacial score (nSPS) is 24.5. The lowest BCUT2D eigenvalue weighted by Crippen LogP contribution is -2.46. The third kappa shape index (κ3) is 8.68. The van der Waals surface area contributed by atoms with Gasteiger partial charge in [-0.15, -0.1) is 0 Å². The topological polar surface area (TPSA) is 266 Å². The number of benzene rings is 4. The molecule has 19 nitrogen and oxygen atoms in total. The lowest BCUT2D eigenvalue weighted by atomic mass is 9.72. The predicted octanol–water partition coefficient (Wildman–Crippen LogP) is 7.83. The van der Waals surface area contributed by atoms with Crippen molar-refractivity contribution in [1.29, 1.82) is 0 Å². The molecule has 3 amide bonds. The van der Waals surface area contributed by atoms with Crippen LogP contribution in [0.4, 0.5) is 20.2 Å². The van der Waals surface area contributed by atoms with Crippen LogP contribution in [0, 0.1) is 35.3 Å². The molecule has 2 aromatic heterocycles. The number of rotatable bonds is 7. The summed E-state index contributed by atoms with van der Waals surface area (Å²) in [4.78, 5) is 73.9. The van der Waals surface area contributed by atoms with E-state index in [2.05, 4.69) is 36.6 Å². The number of esters is 1. The fourth-order valence-electron chi connectivity index (χ4n) is 11.6. The molecule has 79 heavy (non-hydrogen) atoms. The van der Waals surface area contributed by atoms with E-state index < -0.39 is 83.4 Å². The molecule has 8 heterocycles. The number of fused-ring (bicyclic) bond motifs is 8. The Morgan fingerprint density at radius 1 is 0.684 bits per heavy atom. The van der Waals surface area contributed by atoms with Gasteiger partial charge < -0.3 is 59.8 Å². The van der Waals surface area contributed by atoms with Crippen LogP contribution in [-0.2, 0) is 42.8 Å². The first kappa shape index (κ1) is 55.4. The molecule has 0 saturated heterocycles. The van der Waals surface area contributed by atoms with Crippen molar-refractivity contribution in [1.82, 2.24) is 25.9 Å². The van der Waals surface area contributed by atoms with Gasteiger partial charge in [-0.25, -0.2) is 28.3 Å². The number of ether oxygens (including phenoxy) is 3. The van der Waals surface area contributed by atoms with E-state index in [1.54, 1.807) is 24.3 Å². The summed E-state index contributed by atoms with van der Waals surface area (Å²) < 4.78 is 59.6. The molecule has 0 radical (unpaired) electrons. The van der Waals surface area contributed by atoms with Gasteiger partial charge in [-0.1, -0.05) is 80.7 Å². The van der Waals surface area contributed by atoms with Crippen LogP contribution in [0.5, 0.6) is 11.5 Å². The zero-order valence-electron chi connectivity index (χ0n) is 42.9. The summed E-state index contributed by atoms with van der Waals surface area (Å²) in [6.07, 6.45) is -0.721. The number of aliphatic hydroxyl groups is 1. The molecule has 0 unspecified atom stereocenters. The predicted molar refractivity (Wildman–Crippen MR) is 282 cm³/mol. The molecule has 6 aliphatic heterocycles. The monoisotopic (exact) mass is 1090 g/mol. The van der Waals surface area contributed by atoms with Crippen molar-refractivity contribution in [3.63, 3.8) is 0 Å². The average molecular weight is 1090 g/mol. The molecule has 12 rings (SSSR count). The molecular weight excluding hydrogens is 1020 g/mol. The smallest absolute Gasteiger partial charge is 0.358 e. The summed E-state index contributed by atoms with van der Waals surface area (Å²) >= 11 is 0. The van der Waals surface area contributed by atoms with Crippen molar-refractivity contribution in [2.75, 3.05) is 24.4 Å². The Kier molecular flexibility index (Phi) is 14.4. The summed E-state index contributed by atoms with van der Waals surface area (Å²) in [5.74, 6) is -4.15. The summed E-state index contributed by atoms with van der Waals surface area (Å²) in [6, 6.07) is 17.0. The molecule has 7 N–H and O–H groups in total. The van der Waals surface area contributed by atoms with Gasteiger partial charge in [-0.3, -0.25) is 14.4 Å². The Hall–Kier alpha value is -8.33. The number of amides is 3. The molecule has 6 aromatic rings. The highest BCUT2D eigenvalue weighted by Crippen LogP contribution is 2.60. The van der Waals surface area contributed by atoms with Crippen molar-refractivity contribution in [2.45, 2.75) is 111 Å². The van der Waals surface area contributed by atoms with Crippen molar-refractivity contribution in [3.05, 3.63) is 153 Å². The van der Waals surface area contributed by atoms with Gasteiger partial charge >= 0.3 is 11.9 Å². The first-order chi connectivity index (χ1) is 36.8. The number of carboxylic acids is 1. The third-order valence-corrected chi connectivity index (χ3v) is 15.4. The number of anilines is 2. The van der Waals surface area contributed by atoms with Crippen LogP contribution in [0.1, 0.15) is 146 Å². The molecule has 6 aliphatic rings. The Bertz CT molecular complexity index is 3450. The van der Waals surface area contributed by atoms with Crippen LogP contribution in [-0.4, -0.2) is 82.1 Å². The number of carbonyl (C=O) groups excluding carboxylic acids is 4. The largest absolute Gasteiger partial charge is 0.476 e. The minimum absolute atomic E-state index is 0. The second-order valence-corrected chi connectivity index (χ2v) is 21.1. The van der Waals surface area contributed by atoms with E-state index in [9.17, 15) is 43.0 Å². The second kappa shape index (κ2) is 20.5. The maximum absolute atomic E-state index is 14.9. The number of nitrogens with zero attached hydrogens (tertiary/aromatic N) is 2. The van der Waals surface area contributed by atoms with Crippen molar-refractivity contribution >= 4 is 41.0 Å². The van der Waals surface area contributed by atoms with Gasteiger partial charge in [0.05, 0.1) is 13.7 Å². The molecule has 0 fully saturated rings. The first-order valence-electron chi connectivity index (χ1n) is 25.4. The lowest BCUT2D eigenvalue weighted by molar-refractivity contribution is -0.143. The lowest BCUT2D eigenvalue weighted by Gasteiger charge is -2.28. The van der Waals surface area contributed by atoms with Crippen LogP contribution >= 0.6 is 0 Å². The quantitative estimate of drug-likeness (QED) is 0.0751. The maximum Gasteiger partial charge on any atom is 0.358 e. The molecule has 0 aliphatic carbocycles. The molecule has 4 aromatic carbocycles. The minimum Gasteiger partial charge on any atom is -0.476 e. The van der Waals surface area contributed by atoms with Gasteiger partial charge in [-0.05, 0) is 84.3 Å². The average Bonchev–Trinajstić information content (AvgIpc) is 4.30. The van der Waals surface area contributed by atoms with E-state index in [1.807, 2.05) is 65.8 Å². The number of halogens is 2. The molecule has 8 bridgehead atoms. The number of methoxy groups -OCH3 is 1. The van der Waals surface area contributed by atoms with E-state index in [4.69, 9.17) is 23.0 Å². The van der Waals surface area contributed by atoms with E-state index in [0.29, 0.717) is 58.0 Å². The van der Waals surface area contributed by atoms with Gasteiger partial charge in [0.25, 0.3) is 5.91 Å². The fraction of sp³-hybridized carbons (Fsp3) is 0.397. The Morgan fingerprint density at radius 2 is 1.13 bits per heavy atom. The molecular formula is C58H63F2N7O12. The van der Waals surface area contributed by atoms with Crippen LogP contribution < -0.4 is 36.1 Å². The van der Waals surface area contributed by atoms with Gasteiger partial charge in [-0.2, -0.15) is 0 Å². The minimum atomic E-state index is -1.38. The summed E-state index contributed by atoms with van der Waals surface area (Å²) in [5.41, 5.74) is 2.01. The van der Waals surface area contributed by atoms with Crippen LogP contribution in [0.25, 0.3) is 0 Å². The third-order valence-electron chi connectivity index (χ3n) is 15.4. The number of hydrogen-bond acceptors (Lipinski definition) is 15. The number of aromatic nitrogens is 2. The van der Waals surface area contributed by atoms with Gasteiger partial charge in [0.15, 0.2) is 41.4 Å². The zero-order valence-corrected chi connectivity index (χ0v) is 42.9. The van der Waals surface area contributed by atoms with Crippen LogP contribution in [0.3, 0.4) is 0 Å². The number of carboxylic acid groups (broad SMARTS) is 1. The first-order valence-corrected chi connectivity index (χ1v) is 25.4. The van der Waals surface area contributed by atoms with E-state index in [0.717, 1.165) is 18.2 Å². The number of aliphatic hydroxyl groups excluding tert-OH is 1. The Balaban J connectivity index is 0.000000190. The van der Waals surface area contributed by atoms with Crippen LogP contribution in [0.2, 0.25) is 0 Å². The Labute approximate surface area is 454 Å². The number of carbonyl (C=O) groups is 5. The van der Waals surface area contributed by atoms with Gasteiger partial charge in [0.1, 0.15) is 46.0 Å². The fourth-order valence-corrected chi connectivity index (χ4v) is 11.6. The summed E-state index contributed by atoms with van der Waals surface area (Å²) in [7, 11) is 1.14. The highest BCUT2D eigenvalue weighted by molar-refractivity contribution is 5.97. The standard InChI is InChI=1S/C30H31FN4O7.C26H24FN3O5.2CH4/c1-13(2)22-27-35-23(26(38)32-20(12-36)28(39)40-4)24(42-27)30-17-11-16(31)6-7-19(17)33-29(30)41-21-8-5-15(10-18(21)30)9-14(3)25(37)34-22;1-11(2)19-23-30-20(24(32)33)21(35-23)26-15-10-14(27)5-6-17(15)28-25(26)34-18-7-4-13(9-16(18)26)8-12(3)22(31)29-19;;/h5-8,10-11,13-14,20,22,29,33,36H,9,12H2,1-4H3,(H,32,38)(H,34,37);4-7,9-12,19,25,28H,8H2,1-3H3,(H,29,31)(H,32,33);2*1H4/t14-,20-,22-,29+,30-;12-,19-,25+,26-;;/m00../s1. The number of aromatic carboxylic acids is 1. The second-order valence-electron chi connectivity index (χ2n) is 21.1. The Morgan fingerprint density at radius 3 is 1.54 bits per heavy atom. The van der Waals surface area contributed by atoms with E-state index in [1.165, 1.54) is 24.3 Å². The van der Waals surface area contributed by atoms with E-state index >= 15 is 0 Å². The number of nitrogens with one attached hydrogen (secondary N) is 5. The maximum atomic E-state index is 14.9. The highest BCUT2D eigenvalue weighted by atomic mass is 19.1. The zero-order chi connectivity index (χ0) is 54.6.